The van der Waals surface area contributed by atoms with Crippen LogP contribution >= 0.6 is 22.9 Å². The van der Waals surface area contributed by atoms with Crippen LogP contribution in [0.25, 0.3) is 10.6 Å². The molecule has 138 valence electrons. The van der Waals surface area contributed by atoms with E-state index in [1.807, 2.05) is 13.8 Å². The van der Waals surface area contributed by atoms with Crippen LogP contribution in [-0.2, 0) is 10.0 Å². The Bertz CT molecular complexity index is 1070. The maximum atomic E-state index is 12.9. The molecule has 9 heteroatoms. The maximum Gasteiger partial charge on any atom is 0.263 e. The zero-order valence-corrected chi connectivity index (χ0v) is 17.0. The van der Waals surface area contributed by atoms with Crippen molar-refractivity contribution in [3.63, 3.8) is 0 Å². The molecule has 2 aromatic heterocycles. The summed E-state index contributed by atoms with van der Waals surface area (Å²) >= 11 is 7.31. The number of sulfonamides is 1. The first kappa shape index (κ1) is 18.8. The lowest BCUT2D eigenvalue weighted by atomic mass is 10.2. The molecule has 2 heterocycles. The van der Waals surface area contributed by atoms with E-state index in [1.165, 1.54) is 24.5 Å². The van der Waals surface area contributed by atoms with Crippen LogP contribution < -0.4 is 9.46 Å². The highest BCUT2D eigenvalue weighted by Gasteiger charge is 2.24. The number of ether oxygens (including phenoxy) is 1. The van der Waals surface area contributed by atoms with Crippen LogP contribution in [0.5, 0.6) is 5.75 Å². The topological polar surface area (TPSA) is 81.4 Å². The fourth-order valence-electron chi connectivity index (χ4n) is 2.45. The van der Waals surface area contributed by atoms with Gasteiger partial charge in [0.25, 0.3) is 10.0 Å². The van der Waals surface area contributed by atoms with Crippen molar-refractivity contribution in [1.82, 2.24) is 5.16 Å². The second-order valence-electron chi connectivity index (χ2n) is 5.70. The fourth-order valence-corrected chi connectivity index (χ4v) is 5.31. The molecule has 0 fully saturated rings. The maximum absolute atomic E-state index is 12.9. The lowest BCUT2D eigenvalue weighted by Crippen LogP contribution is -2.13. The number of methoxy groups -OCH3 is 1. The molecule has 3 rings (SSSR count). The Labute approximate surface area is 160 Å². The predicted molar refractivity (Wildman–Crippen MR) is 103 cm³/mol. The predicted octanol–water partition coefficient (Wildman–Crippen LogP) is 4.79. The summed E-state index contributed by atoms with van der Waals surface area (Å²) in [5.41, 5.74) is 1.94. The second-order valence-corrected chi connectivity index (χ2v) is 9.05. The summed E-state index contributed by atoms with van der Waals surface area (Å²) in [7, 11) is -2.36. The number of hydrogen-bond donors (Lipinski definition) is 1. The molecular weight excluding hydrogens is 396 g/mol. The number of nitrogens with zero attached hydrogens (tertiary/aromatic N) is 1. The van der Waals surface area contributed by atoms with Gasteiger partial charge in [0, 0.05) is 15.5 Å². The van der Waals surface area contributed by atoms with Gasteiger partial charge >= 0.3 is 0 Å². The van der Waals surface area contributed by atoms with E-state index in [9.17, 15) is 8.42 Å². The van der Waals surface area contributed by atoms with Crippen molar-refractivity contribution in [2.24, 2.45) is 0 Å². The Morgan fingerprint density at radius 1 is 1.23 bits per heavy atom. The summed E-state index contributed by atoms with van der Waals surface area (Å²) in [4.78, 5) is 1.52. The summed E-state index contributed by atoms with van der Waals surface area (Å²) < 4.78 is 38.9. The Morgan fingerprint density at radius 3 is 2.58 bits per heavy atom. The van der Waals surface area contributed by atoms with E-state index in [-0.39, 0.29) is 10.6 Å². The van der Waals surface area contributed by atoms with E-state index < -0.39 is 10.0 Å². The Kier molecular flexibility index (Phi) is 5.01. The van der Waals surface area contributed by atoms with Gasteiger partial charge in [-0.1, -0.05) is 16.8 Å². The van der Waals surface area contributed by atoms with E-state index in [4.69, 9.17) is 20.9 Å². The molecule has 26 heavy (non-hydrogen) atoms. The summed E-state index contributed by atoms with van der Waals surface area (Å²) in [6, 6.07) is 6.32. The third kappa shape index (κ3) is 3.44. The number of rotatable bonds is 5. The van der Waals surface area contributed by atoms with Crippen molar-refractivity contribution in [3.8, 4) is 16.4 Å². The molecule has 6 nitrogen and oxygen atoms in total. The van der Waals surface area contributed by atoms with Gasteiger partial charge in [0.15, 0.2) is 5.76 Å². The third-order valence-electron chi connectivity index (χ3n) is 3.95. The molecule has 0 aliphatic heterocycles. The van der Waals surface area contributed by atoms with Gasteiger partial charge in [0.05, 0.1) is 23.4 Å². The van der Waals surface area contributed by atoms with Crippen molar-refractivity contribution < 1.29 is 17.7 Å². The van der Waals surface area contributed by atoms with Gasteiger partial charge in [-0.15, -0.1) is 11.3 Å². The summed E-state index contributed by atoms with van der Waals surface area (Å²) in [5.74, 6) is 0.963. The van der Waals surface area contributed by atoms with Gasteiger partial charge in [-0.25, -0.2) is 8.42 Å². The minimum Gasteiger partial charge on any atom is -0.495 e. The molecule has 0 unspecified atom stereocenters. The van der Waals surface area contributed by atoms with Gasteiger partial charge in [-0.05, 0) is 45.0 Å². The number of benzene rings is 1. The van der Waals surface area contributed by atoms with Gasteiger partial charge in [-0.3, -0.25) is 4.72 Å². The normalized spacial score (nSPS) is 11.6. The molecular formula is C17H17ClN2O4S2. The minimum absolute atomic E-state index is 0.174. The largest absolute Gasteiger partial charge is 0.495 e. The van der Waals surface area contributed by atoms with Gasteiger partial charge in [0.1, 0.15) is 10.6 Å². The first-order valence-electron chi connectivity index (χ1n) is 7.63. The van der Waals surface area contributed by atoms with E-state index in [1.54, 1.807) is 25.1 Å². The molecule has 3 aromatic rings. The van der Waals surface area contributed by atoms with Gasteiger partial charge in [-0.2, -0.15) is 0 Å². The van der Waals surface area contributed by atoms with Crippen molar-refractivity contribution in [3.05, 3.63) is 45.4 Å². The van der Waals surface area contributed by atoms with Crippen molar-refractivity contribution in [2.45, 2.75) is 25.7 Å². The Morgan fingerprint density at radius 2 is 1.96 bits per heavy atom. The van der Waals surface area contributed by atoms with Crippen LogP contribution in [0.4, 0.5) is 5.69 Å². The van der Waals surface area contributed by atoms with Gasteiger partial charge in [0.2, 0.25) is 0 Å². The third-order valence-corrected chi connectivity index (χ3v) is 6.85. The monoisotopic (exact) mass is 412 g/mol. The average molecular weight is 413 g/mol. The number of thiophene rings is 1. The van der Waals surface area contributed by atoms with Crippen LogP contribution in [0.3, 0.4) is 0 Å². The molecule has 0 aliphatic rings. The van der Waals surface area contributed by atoms with Crippen molar-refractivity contribution >= 4 is 38.6 Å². The van der Waals surface area contributed by atoms with E-state index in [0.717, 1.165) is 11.3 Å². The quantitative estimate of drug-likeness (QED) is 0.651. The Hall–Kier alpha value is -2.03. The molecule has 0 saturated carbocycles. The van der Waals surface area contributed by atoms with Crippen LogP contribution in [0.1, 0.15) is 16.1 Å². The van der Waals surface area contributed by atoms with Crippen LogP contribution in [-0.4, -0.2) is 20.7 Å². The van der Waals surface area contributed by atoms with E-state index in [0.29, 0.717) is 26.3 Å². The number of aryl methyl sites for hydroxylation is 2. The highest BCUT2D eigenvalue weighted by Crippen LogP contribution is 2.37. The number of aromatic nitrogens is 1. The first-order valence-corrected chi connectivity index (χ1v) is 10.3. The smallest absolute Gasteiger partial charge is 0.263 e. The lowest BCUT2D eigenvalue weighted by Gasteiger charge is -2.12. The molecule has 0 aliphatic carbocycles. The van der Waals surface area contributed by atoms with Crippen LogP contribution in [0.15, 0.2) is 33.7 Å². The molecule has 1 N–H and O–H groups in total. The number of hydrogen-bond acceptors (Lipinski definition) is 6. The fraction of sp³-hybridized carbons (Fsp3) is 0.235. The molecule has 0 spiro atoms. The molecule has 0 saturated heterocycles. The summed E-state index contributed by atoms with van der Waals surface area (Å²) in [6.45, 7) is 5.48. The van der Waals surface area contributed by atoms with Crippen molar-refractivity contribution in [2.75, 3.05) is 11.8 Å². The van der Waals surface area contributed by atoms with Crippen LogP contribution in [0.2, 0.25) is 5.02 Å². The molecule has 0 atom stereocenters. The molecule has 0 radical (unpaired) electrons. The molecule has 1 aromatic carbocycles. The molecule has 0 amide bonds. The summed E-state index contributed by atoms with van der Waals surface area (Å²) in [5, 5.41) is 4.33. The number of anilines is 1. The molecule has 0 bridgehead atoms. The first-order chi connectivity index (χ1) is 12.2. The minimum atomic E-state index is -3.83. The van der Waals surface area contributed by atoms with Crippen molar-refractivity contribution in [1.29, 1.82) is 0 Å². The SMILES string of the molecule is COc1ccc(Cl)cc1NS(=O)(=O)c1cc(-c2onc(C)c2C)sc1C. The number of nitrogens with one attached hydrogen (secondary N) is 1. The van der Waals surface area contributed by atoms with E-state index in [2.05, 4.69) is 9.88 Å². The standard InChI is InChI=1S/C17H17ClN2O4S2/c1-9-10(2)19-24-17(9)15-8-16(11(3)25-15)26(21,22)20-13-7-12(18)5-6-14(13)23-4/h5-8,20H,1-4H3. The lowest BCUT2D eigenvalue weighted by molar-refractivity contribution is 0.417. The van der Waals surface area contributed by atoms with Crippen LogP contribution in [0, 0.1) is 20.8 Å². The zero-order valence-electron chi connectivity index (χ0n) is 14.6. The highest BCUT2D eigenvalue weighted by atomic mass is 35.5. The number of halogens is 1. The summed E-state index contributed by atoms with van der Waals surface area (Å²) in [6.07, 6.45) is 0. The van der Waals surface area contributed by atoms with E-state index >= 15 is 0 Å². The zero-order chi connectivity index (χ0) is 19.1. The van der Waals surface area contributed by atoms with Gasteiger partial charge < -0.3 is 9.26 Å². The average Bonchev–Trinajstić information content (AvgIpc) is 3.11. The Balaban J connectivity index is 2.01. The second kappa shape index (κ2) is 6.94. The highest BCUT2D eigenvalue weighted by molar-refractivity contribution is 7.93.